The van der Waals surface area contributed by atoms with Crippen LogP contribution in [0.4, 0.5) is 0 Å². The van der Waals surface area contributed by atoms with Gasteiger partial charge in [-0.25, -0.2) is 13.1 Å². The number of para-hydroxylation sites is 1. The first-order valence-electron chi connectivity index (χ1n) is 8.19. The van der Waals surface area contributed by atoms with Gasteiger partial charge in [-0.05, 0) is 19.9 Å². The quantitative estimate of drug-likeness (QED) is 0.869. The van der Waals surface area contributed by atoms with Crippen LogP contribution in [-0.4, -0.2) is 26.2 Å². The van der Waals surface area contributed by atoms with E-state index in [0.29, 0.717) is 17.1 Å². The smallest absolute Gasteiger partial charge is 0.279 e. The normalized spacial score (nSPS) is 16.3. The van der Waals surface area contributed by atoms with Crippen LogP contribution in [0.1, 0.15) is 31.1 Å². The zero-order chi connectivity index (χ0) is 18.9. The fourth-order valence-corrected chi connectivity index (χ4v) is 3.42. The minimum absolute atomic E-state index is 0.362. The molecule has 2 aromatic carbocycles. The van der Waals surface area contributed by atoms with Crippen molar-refractivity contribution in [1.82, 2.24) is 4.72 Å². The van der Waals surface area contributed by atoms with Gasteiger partial charge in [0.15, 0.2) is 11.5 Å². The summed E-state index contributed by atoms with van der Waals surface area (Å²) in [5.74, 6) is 0.240. The number of amides is 1. The molecule has 3 rings (SSSR count). The zero-order valence-electron chi connectivity index (χ0n) is 14.9. The molecule has 6 nitrogen and oxygen atoms in total. The van der Waals surface area contributed by atoms with Crippen LogP contribution < -0.4 is 14.2 Å². The lowest BCUT2D eigenvalue weighted by Gasteiger charge is -2.21. The molecule has 0 unspecified atom stereocenters. The Morgan fingerprint density at radius 2 is 1.85 bits per heavy atom. The molecular formula is C19H21NO5S. The van der Waals surface area contributed by atoms with E-state index < -0.39 is 22.0 Å². The molecule has 26 heavy (non-hydrogen) atoms. The molecule has 2 aromatic rings. The summed E-state index contributed by atoms with van der Waals surface area (Å²) in [6, 6.07) is 14.2. The van der Waals surface area contributed by atoms with E-state index in [4.69, 9.17) is 9.47 Å². The molecule has 1 heterocycles. The monoisotopic (exact) mass is 375 g/mol. The minimum Gasteiger partial charge on any atom is -0.483 e. The lowest BCUT2D eigenvalue weighted by molar-refractivity contribution is -0.126. The average Bonchev–Trinajstić information content (AvgIpc) is 2.86. The van der Waals surface area contributed by atoms with E-state index >= 15 is 0 Å². The van der Waals surface area contributed by atoms with Crippen LogP contribution in [0.5, 0.6) is 11.5 Å². The van der Waals surface area contributed by atoms with Crippen molar-refractivity contribution in [2.45, 2.75) is 32.0 Å². The second kappa shape index (κ2) is 6.64. The van der Waals surface area contributed by atoms with Gasteiger partial charge in [0.05, 0.1) is 6.26 Å². The summed E-state index contributed by atoms with van der Waals surface area (Å²) in [7, 11) is -3.71. The van der Waals surface area contributed by atoms with Crippen LogP contribution in [0.15, 0.2) is 48.5 Å². The van der Waals surface area contributed by atoms with Crippen molar-refractivity contribution >= 4 is 15.9 Å². The molecule has 0 radical (unpaired) electrons. The van der Waals surface area contributed by atoms with E-state index in [1.54, 1.807) is 36.4 Å². The van der Waals surface area contributed by atoms with Crippen molar-refractivity contribution in [2.24, 2.45) is 0 Å². The lowest BCUT2D eigenvalue weighted by atomic mass is 10.0. The van der Waals surface area contributed by atoms with Gasteiger partial charge in [-0.3, -0.25) is 4.79 Å². The van der Waals surface area contributed by atoms with Crippen molar-refractivity contribution in [3.05, 3.63) is 59.7 Å². The van der Waals surface area contributed by atoms with Crippen LogP contribution in [0.3, 0.4) is 0 Å². The van der Waals surface area contributed by atoms with Gasteiger partial charge in [0.1, 0.15) is 5.60 Å². The van der Waals surface area contributed by atoms with Crippen LogP contribution in [0.2, 0.25) is 0 Å². The number of nitrogens with one attached hydrogen (secondary N) is 1. The summed E-state index contributed by atoms with van der Waals surface area (Å²) in [4.78, 5) is 12.5. The third-order valence-electron chi connectivity index (χ3n) is 3.93. The number of hydrogen-bond acceptors (Lipinski definition) is 5. The summed E-state index contributed by atoms with van der Waals surface area (Å²) in [6.07, 6.45) is 0.536. The molecule has 0 aliphatic carbocycles. The minimum atomic E-state index is -3.71. The first kappa shape index (κ1) is 18.3. The highest BCUT2D eigenvalue weighted by molar-refractivity contribution is 7.89. The van der Waals surface area contributed by atoms with E-state index in [9.17, 15) is 13.2 Å². The molecule has 1 amide bonds. The summed E-state index contributed by atoms with van der Waals surface area (Å²) >= 11 is 0. The Morgan fingerprint density at radius 3 is 2.50 bits per heavy atom. The lowest BCUT2D eigenvalue weighted by Crippen LogP contribution is -2.36. The third kappa shape index (κ3) is 4.16. The van der Waals surface area contributed by atoms with Crippen LogP contribution in [-0.2, 0) is 21.2 Å². The van der Waals surface area contributed by atoms with Gasteiger partial charge in [-0.2, -0.15) is 0 Å². The number of ether oxygens (including phenoxy) is 2. The van der Waals surface area contributed by atoms with Gasteiger partial charge in [-0.1, -0.05) is 42.5 Å². The molecule has 1 atom stereocenters. The fourth-order valence-electron chi connectivity index (χ4n) is 2.94. The van der Waals surface area contributed by atoms with E-state index in [0.717, 1.165) is 18.2 Å². The van der Waals surface area contributed by atoms with Gasteiger partial charge in [-0.15, -0.1) is 0 Å². The molecule has 1 aliphatic rings. The van der Waals surface area contributed by atoms with Crippen molar-refractivity contribution in [1.29, 1.82) is 0 Å². The number of fused-ring (bicyclic) bond motifs is 1. The van der Waals surface area contributed by atoms with Crippen molar-refractivity contribution < 1.29 is 22.7 Å². The Labute approximate surface area is 153 Å². The highest BCUT2D eigenvalue weighted by Crippen LogP contribution is 2.43. The molecule has 0 saturated heterocycles. The summed E-state index contributed by atoms with van der Waals surface area (Å²) in [5.41, 5.74) is 1.17. The molecule has 1 N–H and O–H groups in total. The second-order valence-corrected chi connectivity index (χ2v) is 8.68. The van der Waals surface area contributed by atoms with Gasteiger partial charge in [0.2, 0.25) is 16.1 Å². The van der Waals surface area contributed by atoms with Gasteiger partial charge >= 0.3 is 0 Å². The van der Waals surface area contributed by atoms with Crippen molar-refractivity contribution in [3.8, 4) is 11.5 Å². The number of rotatable bonds is 5. The highest BCUT2D eigenvalue weighted by Gasteiger charge is 2.34. The van der Waals surface area contributed by atoms with Crippen molar-refractivity contribution in [3.63, 3.8) is 0 Å². The van der Waals surface area contributed by atoms with Gasteiger partial charge < -0.3 is 9.47 Å². The summed E-state index contributed by atoms with van der Waals surface area (Å²) in [6.45, 7) is 3.95. The molecule has 0 fully saturated rings. The maximum Gasteiger partial charge on any atom is 0.279 e. The number of sulfonamides is 1. The number of carbonyl (C=O) groups is 1. The summed E-state index contributed by atoms with van der Waals surface area (Å²) in [5, 5.41) is 0. The third-order valence-corrected chi connectivity index (χ3v) is 4.50. The molecule has 0 saturated carbocycles. The first-order valence-corrected chi connectivity index (χ1v) is 10.1. The Balaban J connectivity index is 1.96. The van der Waals surface area contributed by atoms with Crippen LogP contribution in [0.25, 0.3) is 0 Å². The highest BCUT2D eigenvalue weighted by atomic mass is 32.2. The number of carbonyl (C=O) groups excluding carboxylic acids is 1. The maximum absolute atomic E-state index is 12.5. The van der Waals surface area contributed by atoms with Crippen LogP contribution >= 0.6 is 0 Å². The average molecular weight is 375 g/mol. The van der Waals surface area contributed by atoms with Gasteiger partial charge in [0.25, 0.3) is 5.91 Å². The maximum atomic E-state index is 12.5. The Morgan fingerprint density at radius 1 is 1.15 bits per heavy atom. The molecule has 0 aromatic heterocycles. The molecule has 1 aliphatic heterocycles. The number of hydrogen-bond donors (Lipinski definition) is 1. The number of benzene rings is 2. The largest absolute Gasteiger partial charge is 0.483 e. The SMILES string of the molecule is CC1(C)Cc2cccc(O[C@@H](C(=O)NS(C)(=O)=O)c3ccccc3)c2O1. The Hall–Kier alpha value is -2.54. The topological polar surface area (TPSA) is 81.7 Å². The summed E-state index contributed by atoms with van der Waals surface area (Å²) < 4.78 is 36.9. The molecule has 7 heteroatoms. The zero-order valence-corrected chi connectivity index (χ0v) is 15.7. The second-order valence-electron chi connectivity index (χ2n) is 6.93. The molecular weight excluding hydrogens is 354 g/mol. The predicted octanol–water partition coefficient (Wildman–Crippen LogP) is 2.60. The van der Waals surface area contributed by atoms with E-state index in [1.807, 2.05) is 30.7 Å². The van der Waals surface area contributed by atoms with Gasteiger partial charge in [0, 0.05) is 17.5 Å². The van der Waals surface area contributed by atoms with E-state index in [1.165, 1.54) is 0 Å². The van der Waals surface area contributed by atoms with E-state index in [-0.39, 0.29) is 5.60 Å². The van der Waals surface area contributed by atoms with E-state index in [2.05, 4.69) is 0 Å². The predicted molar refractivity (Wildman–Crippen MR) is 97.7 cm³/mol. The standard InChI is InChI=1S/C19H21NO5S/c1-19(2)12-14-10-7-11-15(16(14)25-19)24-17(13-8-5-4-6-9-13)18(21)20-26(3,22)23/h4-11,17H,12H2,1-3H3,(H,20,21)/t17-/m1/s1. The Kier molecular flexibility index (Phi) is 4.66. The Bertz CT molecular complexity index is 922. The molecule has 138 valence electrons. The van der Waals surface area contributed by atoms with Crippen LogP contribution in [0, 0.1) is 0 Å². The fraction of sp³-hybridized carbons (Fsp3) is 0.316. The molecule has 0 spiro atoms. The molecule has 0 bridgehead atoms. The van der Waals surface area contributed by atoms with Crippen molar-refractivity contribution in [2.75, 3.05) is 6.26 Å². The first-order chi connectivity index (χ1) is 12.1.